The highest BCUT2D eigenvalue weighted by Crippen LogP contribution is 2.24. The van der Waals surface area contributed by atoms with E-state index in [9.17, 15) is 13.8 Å². The fraction of sp³-hybridized carbons (Fsp3) is 0.667. The molecule has 0 aromatic heterocycles. The van der Waals surface area contributed by atoms with Gasteiger partial charge in [-0.15, -0.1) is 0 Å². The van der Waals surface area contributed by atoms with E-state index in [2.05, 4.69) is 5.32 Å². The zero-order valence-electron chi connectivity index (χ0n) is 19.1. The fourth-order valence-electron chi connectivity index (χ4n) is 3.39. The van der Waals surface area contributed by atoms with Crippen molar-refractivity contribution in [3.63, 3.8) is 0 Å². The van der Waals surface area contributed by atoms with Gasteiger partial charge in [0.1, 0.15) is 5.75 Å². The molecule has 0 aliphatic rings. The summed E-state index contributed by atoms with van der Waals surface area (Å²) in [5, 5.41) is 11.5. The third kappa shape index (κ3) is 15.8. The minimum absolute atomic E-state index is 0.0157. The number of para-hydroxylation sites is 2. The summed E-state index contributed by atoms with van der Waals surface area (Å²) >= 11 is -1.77. The number of carbonyl (C=O) groups is 2. The SMILES string of the molecule is O=C(O)CCCCCCCCCCCCC(=O)Nc1ccccc1OCCCCS(=O)O. The molecule has 0 aliphatic heterocycles. The smallest absolute Gasteiger partial charge is 0.303 e. The minimum Gasteiger partial charge on any atom is -0.491 e. The normalized spacial score (nSPS) is 11.8. The molecule has 0 heterocycles. The molecule has 1 atom stereocenters. The van der Waals surface area contributed by atoms with Crippen LogP contribution in [0.5, 0.6) is 5.75 Å². The third-order valence-corrected chi connectivity index (χ3v) is 5.81. The van der Waals surface area contributed by atoms with E-state index in [0.717, 1.165) is 38.5 Å². The number of carboxylic acid groups (broad SMARTS) is 1. The molecule has 1 amide bonds. The number of hydrogen-bond acceptors (Lipinski definition) is 4. The lowest BCUT2D eigenvalue weighted by Gasteiger charge is -2.12. The Labute approximate surface area is 194 Å². The van der Waals surface area contributed by atoms with E-state index >= 15 is 0 Å². The molecule has 0 spiro atoms. The Balaban J connectivity index is 2.07. The van der Waals surface area contributed by atoms with Crippen molar-refractivity contribution in [2.24, 2.45) is 0 Å². The maximum Gasteiger partial charge on any atom is 0.303 e. The Kier molecular flexibility index (Phi) is 16.4. The Morgan fingerprint density at radius 1 is 0.812 bits per heavy atom. The largest absolute Gasteiger partial charge is 0.491 e. The minimum atomic E-state index is -1.77. The second kappa shape index (κ2) is 18.6. The molecule has 0 radical (unpaired) electrons. The van der Waals surface area contributed by atoms with Crippen LogP contribution in [0.2, 0.25) is 0 Å². The quantitative estimate of drug-likeness (QED) is 0.165. The number of rotatable bonds is 20. The molecule has 0 saturated heterocycles. The number of anilines is 1. The zero-order valence-corrected chi connectivity index (χ0v) is 19.9. The number of unbranched alkanes of at least 4 members (excludes halogenated alkanes) is 10. The number of carbonyl (C=O) groups excluding carboxylic acids is 1. The van der Waals surface area contributed by atoms with E-state index in [-0.39, 0.29) is 18.1 Å². The number of carboxylic acids is 1. The first-order chi connectivity index (χ1) is 15.5. The fourth-order valence-corrected chi connectivity index (χ4v) is 3.85. The predicted molar refractivity (Wildman–Crippen MR) is 128 cm³/mol. The molecule has 8 heteroatoms. The van der Waals surface area contributed by atoms with Crippen LogP contribution in [-0.4, -0.2) is 38.1 Å². The van der Waals surface area contributed by atoms with Crippen LogP contribution in [0.1, 0.15) is 89.9 Å². The van der Waals surface area contributed by atoms with Crippen molar-refractivity contribution < 1.29 is 28.2 Å². The Morgan fingerprint density at radius 2 is 1.38 bits per heavy atom. The van der Waals surface area contributed by atoms with E-state index in [1.165, 1.54) is 25.7 Å². The average Bonchev–Trinajstić information content (AvgIpc) is 2.75. The van der Waals surface area contributed by atoms with E-state index in [4.69, 9.17) is 14.4 Å². The summed E-state index contributed by atoms with van der Waals surface area (Å²) in [7, 11) is 0. The van der Waals surface area contributed by atoms with Gasteiger partial charge in [0, 0.05) is 18.6 Å². The van der Waals surface area contributed by atoms with Crippen LogP contribution in [0.25, 0.3) is 0 Å². The van der Waals surface area contributed by atoms with Crippen LogP contribution in [0.4, 0.5) is 5.69 Å². The summed E-state index contributed by atoms with van der Waals surface area (Å²) in [4.78, 5) is 22.7. The first-order valence-electron chi connectivity index (χ1n) is 11.8. The van der Waals surface area contributed by atoms with Gasteiger partial charge in [-0.3, -0.25) is 9.59 Å². The second-order valence-corrected chi connectivity index (χ2v) is 9.11. The molecule has 0 saturated carbocycles. The molecular weight excluding hydrogens is 430 g/mol. The second-order valence-electron chi connectivity index (χ2n) is 8.05. The van der Waals surface area contributed by atoms with E-state index in [1.54, 1.807) is 0 Å². The van der Waals surface area contributed by atoms with Gasteiger partial charge in [0.05, 0.1) is 12.3 Å². The molecule has 1 aromatic carbocycles. The summed E-state index contributed by atoms with van der Waals surface area (Å²) in [6.07, 6.45) is 12.7. The van der Waals surface area contributed by atoms with Gasteiger partial charge in [0.15, 0.2) is 11.1 Å². The Hall–Kier alpha value is -1.93. The topological polar surface area (TPSA) is 113 Å². The lowest BCUT2D eigenvalue weighted by atomic mass is 10.1. The highest BCUT2D eigenvalue weighted by Gasteiger charge is 2.08. The van der Waals surface area contributed by atoms with E-state index < -0.39 is 17.0 Å². The summed E-state index contributed by atoms with van der Waals surface area (Å²) < 4.78 is 25.1. The zero-order chi connectivity index (χ0) is 23.4. The van der Waals surface area contributed by atoms with Crippen LogP contribution >= 0.6 is 0 Å². The maximum absolute atomic E-state index is 12.3. The Morgan fingerprint density at radius 3 is 1.97 bits per heavy atom. The molecule has 182 valence electrons. The van der Waals surface area contributed by atoms with Crippen LogP contribution in [0, 0.1) is 0 Å². The average molecular weight is 470 g/mol. The van der Waals surface area contributed by atoms with Crippen LogP contribution in [0.15, 0.2) is 24.3 Å². The molecule has 32 heavy (non-hydrogen) atoms. The van der Waals surface area contributed by atoms with Gasteiger partial charge in [0.2, 0.25) is 5.91 Å². The van der Waals surface area contributed by atoms with Crippen molar-refractivity contribution in [1.82, 2.24) is 0 Å². The van der Waals surface area contributed by atoms with Crippen LogP contribution < -0.4 is 10.1 Å². The van der Waals surface area contributed by atoms with Gasteiger partial charge >= 0.3 is 5.97 Å². The molecule has 3 N–H and O–H groups in total. The van der Waals surface area contributed by atoms with Crippen molar-refractivity contribution >= 4 is 28.6 Å². The first kappa shape index (κ1) is 28.1. The number of hydrogen-bond donors (Lipinski definition) is 3. The highest BCUT2D eigenvalue weighted by molar-refractivity contribution is 7.79. The lowest BCUT2D eigenvalue weighted by Crippen LogP contribution is -2.12. The molecule has 0 aliphatic carbocycles. The molecule has 0 bridgehead atoms. The van der Waals surface area contributed by atoms with Crippen molar-refractivity contribution in [3.05, 3.63) is 24.3 Å². The maximum atomic E-state index is 12.3. The standard InChI is InChI=1S/C24H39NO6S/c26-23(17-9-7-5-3-1-2-4-6-8-10-18-24(27)28)25-21-15-11-12-16-22(21)31-19-13-14-20-32(29)30/h11-12,15-16H,1-10,13-14,17-20H2,(H,25,26)(H,27,28)(H,29,30). The predicted octanol–water partition coefficient (Wildman–Crippen LogP) is 5.77. The monoisotopic (exact) mass is 469 g/mol. The Bertz CT molecular complexity index is 682. The van der Waals surface area contributed by atoms with E-state index in [1.807, 2.05) is 24.3 Å². The highest BCUT2D eigenvalue weighted by atomic mass is 32.2. The van der Waals surface area contributed by atoms with Crippen molar-refractivity contribution in [3.8, 4) is 5.75 Å². The molecule has 1 rings (SSSR count). The molecule has 7 nitrogen and oxygen atoms in total. The number of aliphatic carboxylic acids is 1. The van der Waals surface area contributed by atoms with Crippen molar-refractivity contribution in [2.75, 3.05) is 17.7 Å². The summed E-state index contributed by atoms with van der Waals surface area (Å²) in [6.45, 7) is 0.437. The molecule has 0 fully saturated rings. The third-order valence-electron chi connectivity index (χ3n) is 5.18. The van der Waals surface area contributed by atoms with Gasteiger partial charge < -0.3 is 19.7 Å². The van der Waals surface area contributed by atoms with Gasteiger partial charge in [0.25, 0.3) is 0 Å². The lowest BCUT2D eigenvalue weighted by molar-refractivity contribution is -0.137. The van der Waals surface area contributed by atoms with Crippen molar-refractivity contribution in [2.45, 2.75) is 89.9 Å². The number of ether oxygens (including phenoxy) is 1. The summed E-state index contributed by atoms with van der Waals surface area (Å²) in [5.41, 5.74) is 0.659. The first-order valence-corrected chi connectivity index (χ1v) is 13.1. The van der Waals surface area contributed by atoms with Crippen LogP contribution in [-0.2, 0) is 20.7 Å². The molecule has 1 unspecified atom stereocenters. The molecular formula is C24H39NO6S. The van der Waals surface area contributed by atoms with Gasteiger partial charge in [-0.05, 0) is 37.8 Å². The van der Waals surface area contributed by atoms with Gasteiger partial charge in [-0.25, -0.2) is 4.21 Å². The molecule has 1 aromatic rings. The number of amides is 1. The summed E-state index contributed by atoms with van der Waals surface area (Å²) in [5.74, 6) is 0.144. The summed E-state index contributed by atoms with van der Waals surface area (Å²) in [6, 6.07) is 7.33. The van der Waals surface area contributed by atoms with Gasteiger partial charge in [-0.1, -0.05) is 63.5 Å². The van der Waals surface area contributed by atoms with Crippen LogP contribution in [0.3, 0.4) is 0 Å². The van der Waals surface area contributed by atoms with Gasteiger partial charge in [-0.2, -0.15) is 0 Å². The van der Waals surface area contributed by atoms with E-state index in [0.29, 0.717) is 37.3 Å². The number of nitrogens with one attached hydrogen (secondary N) is 1. The number of benzene rings is 1. The van der Waals surface area contributed by atoms with Crippen molar-refractivity contribution in [1.29, 1.82) is 0 Å².